The van der Waals surface area contributed by atoms with Gasteiger partial charge in [-0.3, -0.25) is 20.0 Å². The van der Waals surface area contributed by atoms with Gasteiger partial charge in [-0.15, -0.1) is 0 Å². The molecule has 2 aromatic rings. The number of nitrogens with zero attached hydrogens (tertiary/aromatic N) is 2. The zero-order valence-electron chi connectivity index (χ0n) is 15.3. The molecule has 0 spiro atoms. The highest BCUT2D eigenvalue weighted by atomic mass is 16.2. The third-order valence-corrected chi connectivity index (χ3v) is 6.19. The van der Waals surface area contributed by atoms with E-state index in [0.29, 0.717) is 0 Å². The lowest BCUT2D eigenvalue weighted by Crippen LogP contribution is -2.72. The lowest BCUT2D eigenvalue weighted by molar-refractivity contribution is -0.135. The highest BCUT2D eigenvalue weighted by Crippen LogP contribution is 2.34. The number of carbonyl (C=O) groups is 1. The number of rotatable bonds is 2. The van der Waals surface area contributed by atoms with E-state index in [0.717, 1.165) is 32.5 Å². The van der Waals surface area contributed by atoms with Crippen LogP contribution in [0.1, 0.15) is 29.0 Å². The molecule has 2 fully saturated rings. The molecule has 1 aromatic carbocycles. The molecule has 27 heavy (non-hydrogen) atoms. The van der Waals surface area contributed by atoms with Crippen molar-refractivity contribution in [3.05, 3.63) is 65.5 Å². The van der Waals surface area contributed by atoms with Crippen LogP contribution in [0.5, 0.6) is 0 Å². The molecule has 4 atom stereocenters. The maximum Gasteiger partial charge on any atom is 0.228 e. The van der Waals surface area contributed by atoms with Gasteiger partial charge in [0.2, 0.25) is 5.91 Å². The summed E-state index contributed by atoms with van der Waals surface area (Å²) in [7, 11) is 0. The normalized spacial score (nSPS) is 30.9. The van der Waals surface area contributed by atoms with E-state index in [-0.39, 0.29) is 30.2 Å². The van der Waals surface area contributed by atoms with Crippen LogP contribution in [0.4, 0.5) is 0 Å². The Morgan fingerprint density at radius 3 is 2.74 bits per heavy atom. The smallest absolute Gasteiger partial charge is 0.228 e. The van der Waals surface area contributed by atoms with Gasteiger partial charge in [0.1, 0.15) is 6.29 Å². The molecular weight excluding hydrogens is 338 g/mol. The van der Waals surface area contributed by atoms with Gasteiger partial charge >= 0.3 is 0 Å². The summed E-state index contributed by atoms with van der Waals surface area (Å²) >= 11 is 0. The predicted octanol–water partition coefficient (Wildman–Crippen LogP) is 1.16. The van der Waals surface area contributed by atoms with E-state index in [1.165, 1.54) is 16.7 Å². The fourth-order valence-electron chi connectivity index (χ4n) is 4.79. The Morgan fingerprint density at radius 2 is 1.89 bits per heavy atom. The second-order valence-corrected chi connectivity index (χ2v) is 7.70. The highest BCUT2D eigenvalue weighted by Gasteiger charge is 2.45. The monoisotopic (exact) mass is 363 g/mol. The minimum atomic E-state index is -0.129. The molecule has 4 unspecified atom stereocenters. The number of nitrogens with one attached hydrogen (secondary N) is 3. The molecule has 3 N–H and O–H groups in total. The molecule has 5 rings (SSSR count). The summed E-state index contributed by atoms with van der Waals surface area (Å²) in [5.74, 6) is 0.251. The topological polar surface area (TPSA) is 69.3 Å². The first-order chi connectivity index (χ1) is 13.3. The number of piperidine rings is 1. The standard InChI is InChI=1S/C21H25N5O/c27-20-18-17(15-5-9-22-10-6-15)7-11-23-19(18)24-21(25-20)26-12-8-14-3-1-2-4-16(14)13-26/h1-6,9-10,17-19,21,23-24H,7-8,11-13H2,(H,25,27). The van der Waals surface area contributed by atoms with E-state index >= 15 is 0 Å². The third kappa shape index (κ3) is 3.14. The second kappa shape index (κ2) is 7.03. The van der Waals surface area contributed by atoms with Crippen LogP contribution >= 0.6 is 0 Å². The number of aromatic nitrogens is 1. The zero-order valence-corrected chi connectivity index (χ0v) is 15.3. The number of pyridine rings is 1. The van der Waals surface area contributed by atoms with Gasteiger partial charge in [-0.1, -0.05) is 24.3 Å². The van der Waals surface area contributed by atoms with E-state index in [1.54, 1.807) is 0 Å². The molecule has 1 amide bonds. The number of fused-ring (bicyclic) bond motifs is 2. The summed E-state index contributed by atoms with van der Waals surface area (Å²) in [6.45, 7) is 2.71. The lowest BCUT2D eigenvalue weighted by Gasteiger charge is -2.48. The third-order valence-electron chi connectivity index (χ3n) is 6.19. The van der Waals surface area contributed by atoms with Crippen molar-refractivity contribution in [2.75, 3.05) is 13.1 Å². The van der Waals surface area contributed by atoms with Crippen LogP contribution in [0.3, 0.4) is 0 Å². The number of benzene rings is 1. The summed E-state index contributed by atoms with van der Waals surface area (Å²) in [5, 5.41) is 10.4. The fraction of sp³-hybridized carbons (Fsp3) is 0.429. The fourth-order valence-corrected chi connectivity index (χ4v) is 4.79. The van der Waals surface area contributed by atoms with Crippen molar-refractivity contribution in [3.63, 3.8) is 0 Å². The molecular formula is C21H25N5O. The minimum absolute atomic E-state index is 0.00663. The van der Waals surface area contributed by atoms with Crippen LogP contribution in [0.15, 0.2) is 48.8 Å². The summed E-state index contributed by atoms with van der Waals surface area (Å²) < 4.78 is 0. The van der Waals surface area contributed by atoms with Crippen molar-refractivity contribution in [2.24, 2.45) is 5.92 Å². The van der Waals surface area contributed by atoms with E-state index in [4.69, 9.17) is 0 Å². The van der Waals surface area contributed by atoms with Gasteiger partial charge in [-0.05, 0) is 54.1 Å². The van der Waals surface area contributed by atoms with E-state index < -0.39 is 0 Å². The Balaban J connectivity index is 1.34. The second-order valence-electron chi connectivity index (χ2n) is 7.70. The first kappa shape index (κ1) is 16.9. The average Bonchev–Trinajstić information content (AvgIpc) is 2.73. The zero-order chi connectivity index (χ0) is 18.2. The Kier molecular flexibility index (Phi) is 4.39. The van der Waals surface area contributed by atoms with Gasteiger partial charge in [-0.2, -0.15) is 0 Å². The maximum atomic E-state index is 13.1. The molecule has 0 saturated carbocycles. The van der Waals surface area contributed by atoms with Crippen molar-refractivity contribution < 1.29 is 4.79 Å². The number of carbonyl (C=O) groups excluding carboxylic acids is 1. The Labute approximate surface area is 159 Å². The van der Waals surface area contributed by atoms with Gasteiger partial charge in [0.05, 0.1) is 12.1 Å². The van der Waals surface area contributed by atoms with Gasteiger partial charge < -0.3 is 10.6 Å². The average molecular weight is 363 g/mol. The highest BCUT2D eigenvalue weighted by molar-refractivity contribution is 5.81. The molecule has 0 radical (unpaired) electrons. The SMILES string of the molecule is O=C1NC(N2CCc3ccccc3C2)NC2NCCC(c3ccncc3)C12. The Morgan fingerprint density at radius 1 is 1.07 bits per heavy atom. The van der Waals surface area contributed by atoms with Crippen LogP contribution in [0.2, 0.25) is 0 Å². The van der Waals surface area contributed by atoms with Crippen molar-refractivity contribution in [2.45, 2.75) is 37.8 Å². The van der Waals surface area contributed by atoms with Crippen molar-refractivity contribution in [1.82, 2.24) is 25.8 Å². The number of amides is 1. The van der Waals surface area contributed by atoms with Gasteiger partial charge in [0, 0.05) is 25.5 Å². The quantitative estimate of drug-likeness (QED) is 0.747. The van der Waals surface area contributed by atoms with E-state index in [2.05, 4.69) is 50.1 Å². The molecule has 2 saturated heterocycles. The van der Waals surface area contributed by atoms with Crippen LogP contribution in [0.25, 0.3) is 0 Å². The molecule has 3 aliphatic heterocycles. The molecule has 6 heteroatoms. The maximum absolute atomic E-state index is 13.1. The molecule has 6 nitrogen and oxygen atoms in total. The van der Waals surface area contributed by atoms with Gasteiger partial charge in [0.15, 0.2) is 0 Å². The van der Waals surface area contributed by atoms with Crippen LogP contribution in [-0.4, -0.2) is 41.3 Å². The minimum Gasteiger partial charge on any atom is -0.328 e. The molecule has 3 aliphatic rings. The largest absolute Gasteiger partial charge is 0.328 e. The summed E-state index contributed by atoms with van der Waals surface area (Å²) in [4.78, 5) is 19.5. The van der Waals surface area contributed by atoms with E-state index in [9.17, 15) is 4.79 Å². The lowest BCUT2D eigenvalue weighted by atomic mass is 9.78. The summed E-state index contributed by atoms with van der Waals surface area (Å²) in [6.07, 6.45) is 5.47. The predicted molar refractivity (Wildman–Crippen MR) is 102 cm³/mol. The summed E-state index contributed by atoms with van der Waals surface area (Å²) in [5.41, 5.74) is 3.97. The van der Waals surface area contributed by atoms with Crippen molar-refractivity contribution >= 4 is 5.91 Å². The Bertz CT molecular complexity index is 826. The van der Waals surface area contributed by atoms with Crippen LogP contribution in [-0.2, 0) is 17.8 Å². The first-order valence-corrected chi connectivity index (χ1v) is 9.80. The van der Waals surface area contributed by atoms with Crippen LogP contribution in [0, 0.1) is 5.92 Å². The van der Waals surface area contributed by atoms with Crippen LogP contribution < -0.4 is 16.0 Å². The summed E-state index contributed by atoms with van der Waals surface area (Å²) in [6, 6.07) is 12.7. The molecule has 1 aromatic heterocycles. The van der Waals surface area contributed by atoms with Gasteiger partial charge in [-0.25, -0.2) is 0 Å². The molecule has 140 valence electrons. The molecule has 0 bridgehead atoms. The van der Waals surface area contributed by atoms with E-state index in [1.807, 2.05) is 24.5 Å². The first-order valence-electron chi connectivity index (χ1n) is 9.80. The Hall–Kier alpha value is -2.28. The molecule has 4 heterocycles. The number of hydrogen-bond acceptors (Lipinski definition) is 5. The molecule has 0 aliphatic carbocycles. The van der Waals surface area contributed by atoms with Crippen molar-refractivity contribution in [1.29, 1.82) is 0 Å². The van der Waals surface area contributed by atoms with Gasteiger partial charge in [0.25, 0.3) is 0 Å². The number of hydrogen-bond donors (Lipinski definition) is 3. The van der Waals surface area contributed by atoms with Crippen molar-refractivity contribution in [3.8, 4) is 0 Å².